The number of para-hydroxylation sites is 2. The van der Waals surface area contributed by atoms with E-state index in [0.29, 0.717) is 23.3 Å². The van der Waals surface area contributed by atoms with Gasteiger partial charge in [-0.3, -0.25) is 4.72 Å². The molecule has 4 N–H and O–H groups in total. The van der Waals surface area contributed by atoms with E-state index in [-0.39, 0.29) is 23.8 Å². The van der Waals surface area contributed by atoms with Crippen LogP contribution in [-0.2, 0) is 10.0 Å². The maximum atomic E-state index is 12.9. The molecule has 2 unspecified atom stereocenters. The first-order valence-electron chi connectivity index (χ1n) is 11.2. The largest absolute Gasteiger partial charge is 0.516 e. The Morgan fingerprint density at radius 1 is 1.08 bits per heavy atom. The molecule has 0 bridgehead atoms. The number of fused-ring (bicyclic) bond motifs is 1. The van der Waals surface area contributed by atoms with Gasteiger partial charge in [-0.15, -0.1) is 0 Å². The molecule has 0 saturated carbocycles. The molecule has 3 aromatic rings. The Morgan fingerprint density at radius 3 is 2.49 bits per heavy atom. The molecule has 7 nitrogen and oxygen atoms in total. The number of hydrogen-bond donors (Lipinski definition) is 4. The Morgan fingerprint density at radius 2 is 1.78 bits per heavy atom. The van der Waals surface area contributed by atoms with Crippen molar-refractivity contribution in [1.29, 1.82) is 5.41 Å². The van der Waals surface area contributed by atoms with Gasteiger partial charge in [-0.2, -0.15) is 21.6 Å². The molecule has 1 aliphatic rings. The Kier molecular flexibility index (Phi) is 7.55. The molecule has 2 atom stereocenters. The maximum absolute atomic E-state index is 12.9. The van der Waals surface area contributed by atoms with Gasteiger partial charge in [0.25, 0.3) is 0 Å². The van der Waals surface area contributed by atoms with Crippen LogP contribution in [0.4, 0.5) is 24.5 Å². The number of nitrogens with one attached hydrogen (secondary N) is 3. The molecule has 3 aromatic carbocycles. The Balaban J connectivity index is 1.56. The molecular weight excluding hydrogens is 507 g/mol. The lowest BCUT2D eigenvalue weighted by molar-refractivity contribution is -0.0429. The van der Waals surface area contributed by atoms with Crippen LogP contribution in [0.1, 0.15) is 18.1 Å². The van der Waals surface area contributed by atoms with E-state index in [1.165, 1.54) is 18.2 Å². The zero-order chi connectivity index (χ0) is 26.6. The molecule has 0 radical (unpaired) electrons. The van der Waals surface area contributed by atoms with Crippen molar-refractivity contribution in [3.05, 3.63) is 90.1 Å². The number of ether oxygens (including phenoxy) is 1. The van der Waals surface area contributed by atoms with E-state index in [4.69, 9.17) is 10.1 Å². The third-order valence-electron chi connectivity index (χ3n) is 5.86. The van der Waals surface area contributed by atoms with Gasteiger partial charge < -0.3 is 20.6 Å². The Labute approximate surface area is 212 Å². The molecule has 1 aliphatic heterocycles. The second kappa shape index (κ2) is 10.7. The fraction of sp³-hybridized carbons (Fsp3) is 0.192. The van der Waals surface area contributed by atoms with E-state index in [9.17, 15) is 26.7 Å². The van der Waals surface area contributed by atoms with Crippen LogP contribution >= 0.6 is 0 Å². The van der Waals surface area contributed by atoms with Crippen LogP contribution in [0, 0.1) is 11.3 Å². The predicted octanol–water partition coefficient (Wildman–Crippen LogP) is 5.69. The molecule has 37 heavy (non-hydrogen) atoms. The van der Waals surface area contributed by atoms with Crippen molar-refractivity contribution >= 4 is 27.6 Å². The summed E-state index contributed by atoms with van der Waals surface area (Å²) in [5.74, 6) is 0.0231. The topological polar surface area (TPSA) is 112 Å². The van der Waals surface area contributed by atoms with E-state index in [1.807, 2.05) is 30.3 Å². The summed E-state index contributed by atoms with van der Waals surface area (Å²) in [5, 5.41) is 21.8. The number of benzene rings is 3. The van der Waals surface area contributed by atoms with Crippen LogP contribution in [0.2, 0.25) is 0 Å². The predicted molar refractivity (Wildman–Crippen MR) is 136 cm³/mol. The Hall–Kier alpha value is -3.83. The monoisotopic (exact) mass is 531 g/mol. The number of aliphatic hydroxyl groups excluding tert-OH is 1. The third kappa shape index (κ3) is 5.95. The third-order valence-corrected chi connectivity index (χ3v) is 6.96. The first kappa shape index (κ1) is 26.2. The van der Waals surface area contributed by atoms with Crippen LogP contribution in [0.15, 0.2) is 84.6 Å². The smallest absolute Gasteiger partial charge is 0.493 e. The van der Waals surface area contributed by atoms with Crippen molar-refractivity contribution in [2.75, 3.05) is 16.6 Å². The lowest BCUT2D eigenvalue weighted by Gasteiger charge is -2.31. The van der Waals surface area contributed by atoms with E-state index >= 15 is 0 Å². The summed E-state index contributed by atoms with van der Waals surface area (Å²) in [5.41, 5.74) is -2.99. The molecule has 194 valence electrons. The highest BCUT2D eigenvalue weighted by molar-refractivity contribution is 7.93. The van der Waals surface area contributed by atoms with Crippen molar-refractivity contribution in [3.8, 4) is 16.9 Å². The van der Waals surface area contributed by atoms with Gasteiger partial charge in [0.05, 0.1) is 18.4 Å². The summed E-state index contributed by atoms with van der Waals surface area (Å²) < 4.78 is 69.5. The van der Waals surface area contributed by atoms with Crippen LogP contribution < -0.4 is 14.8 Å². The van der Waals surface area contributed by atoms with Crippen molar-refractivity contribution in [1.82, 2.24) is 0 Å². The standard InChI is InChI=1S/C26H24F3N3O4S/c27-26(28,29)37(34,35)32-23-9-5-4-8-21(23)17-10-11-22-24(15-17)36-16-18(25(22)33)14-20(12-13-30)31-19-6-2-1-3-7-19/h1-13,15,18,25,30-33H,14,16H2/b20-12-,30-13?. The summed E-state index contributed by atoms with van der Waals surface area (Å²) in [7, 11) is -5.60. The van der Waals surface area contributed by atoms with E-state index in [1.54, 1.807) is 35.1 Å². The summed E-state index contributed by atoms with van der Waals surface area (Å²) in [6.07, 6.45) is 2.27. The normalized spacial score (nSPS) is 17.9. The maximum Gasteiger partial charge on any atom is 0.516 e. The van der Waals surface area contributed by atoms with Crippen molar-refractivity contribution < 1.29 is 31.4 Å². The summed E-state index contributed by atoms with van der Waals surface area (Å²) in [6.45, 7) is 0.159. The number of sulfonamides is 1. The molecule has 0 saturated heterocycles. The molecule has 0 aliphatic carbocycles. The number of alkyl halides is 3. The number of anilines is 2. The number of allylic oxidation sites excluding steroid dienone is 2. The van der Waals surface area contributed by atoms with Gasteiger partial charge in [0, 0.05) is 34.6 Å². The molecular formula is C26H24F3N3O4S. The van der Waals surface area contributed by atoms with Gasteiger partial charge in [-0.1, -0.05) is 48.5 Å². The van der Waals surface area contributed by atoms with E-state index in [2.05, 4.69) is 5.32 Å². The fourth-order valence-electron chi connectivity index (χ4n) is 4.06. The van der Waals surface area contributed by atoms with Crippen LogP contribution in [0.5, 0.6) is 5.75 Å². The van der Waals surface area contributed by atoms with Crippen molar-refractivity contribution in [3.63, 3.8) is 0 Å². The quantitative estimate of drug-likeness (QED) is 0.279. The van der Waals surface area contributed by atoms with Gasteiger partial charge in [0.1, 0.15) is 5.75 Å². The molecule has 0 fully saturated rings. The first-order valence-corrected chi connectivity index (χ1v) is 12.7. The SMILES string of the molecule is N=C/C=C(/CC1COc2cc(-c3ccccc3NS(=O)(=O)C(F)(F)F)ccc2C1O)Nc1ccccc1. The van der Waals surface area contributed by atoms with Crippen LogP contribution in [-0.4, -0.2) is 31.9 Å². The average molecular weight is 532 g/mol. The first-order chi connectivity index (χ1) is 17.6. The molecule has 1 heterocycles. The van der Waals surface area contributed by atoms with Gasteiger partial charge >= 0.3 is 15.5 Å². The molecule has 0 amide bonds. The lowest BCUT2D eigenvalue weighted by Crippen LogP contribution is -2.30. The summed E-state index contributed by atoms with van der Waals surface area (Å²) >= 11 is 0. The Bertz CT molecular complexity index is 1410. The van der Waals surface area contributed by atoms with Crippen LogP contribution in [0.3, 0.4) is 0 Å². The minimum Gasteiger partial charge on any atom is -0.493 e. The number of halogens is 3. The average Bonchev–Trinajstić information content (AvgIpc) is 2.86. The highest BCUT2D eigenvalue weighted by Gasteiger charge is 2.46. The van der Waals surface area contributed by atoms with Gasteiger partial charge in [-0.05, 0) is 42.3 Å². The second-order valence-electron chi connectivity index (χ2n) is 8.42. The van der Waals surface area contributed by atoms with E-state index in [0.717, 1.165) is 17.6 Å². The summed E-state index contributed by atoms with van der Waals surface area (Å²) in [4.78, 5) is 0. The zero-order valence-electron chi connectivity index (χ0n) is 19.4. The molecule has 4 rings (SSSR count). The zero-order valence-corrected chi connectivity index (χ0v) is 20.2. The highest BCUT2D eigenvalue weighted by Crippen LogP contribution is 2.41. The number of hydrogen-bond acceptors (Lipinski definition) is 6. The minimum atomic E-state index is -5.60. The number of rotatable bonds is 8. The summed E-state index contributed by atoms with van der Waals surface area (Å²) in [6, 6.07) is 19.9. The van der Waals surface area contributed by atoms with E-state index < -0.39 is 21.6 Å². The van der Waals surface area contributed by atoms with Crippen LogP contribution in [0.25, 0.3) is 11.1 Å². The minimum absolute atomic E-state index is 0.159. The van der Waals surface area contributed by atoms with Crippen molar-refractivity contribution in [2.24, 2.45) is 5.92 Å². The molecule has 11 heteroatoms. The highest BCUT2D eigenvalue weighted by atomic mass is 32.2. The second-order valence-corrected chi connectivity index (χ2v) is 10.1. The lowest BCUT2D eigenvalue weighted by atomic mass is 9.88. The molecule has 0 spiro atoms. The van der Waals surface area contributed by atoms with Gasteiger partial charge in [0.15, 0.2) is 0 Å². The molecule has 0 aromatic heterocycles. The van der Waals surface area contributed by atoms with Gasteiger partial charge in [0.2, 0.25) is 0 Å². The fourth-order valence-corrected chi connectivity index (χ4v) is 4.64. The number of aliphatic hydroxyl groups is 1. The van der Waals surface area contributed by atoms with Gasteiger partial charge in [-0.25, -0.2) is 0 Å². The van der Waals surface area contributed by atoms with Crippen molar-refractivity contribution in [2.45, 2.75) is 18.0 Å².